The molecule has 3 aromatic rings. The van der Waals surface area contributed by atoms with Gasteiger partial charge in [-0.05, 0) is 36.4 Å². The highest BCUT2D eigenvalue weighted by Gasteiger charge is 2.15. The monoisotopic (exact) mass is 346 g/mol. The Morgan fingerprint density at radius 3 is 2.62 bits per heavy atom. The zero-order chi connectivity index (χ0) is 17.3. The maximum absolute atomic E-state index is 13.7. The topological polar surface area (TPSA) is 79.0 Å². The summed E-state index contributed by atoms with van der Waals surface area (Å²) in [4.78, 5) is 15.3. The summed E-state index contributed by atoms with van der Waals surface area (Å²) < 4.78 is 37.5. The first kappa shape index (κ1) is 16.2. The van der Waals surface area contributed by atoms with Crippen molar-refractivity contribution in [3.8, 4) is 0 Å². The largest absolute Gasteiger partial charge is 0.350 e. The van der Waals surface area contributed by atoms with Crippen LogP contribution < -0.4 is 5.32 Å². The number of amides is 1. The van der Waals surface area contributed by atoms with E-state index in [0.717, 1.165) is 0 Å². The van der Waals surface area contributed by atoms with Gasteiger partial charge >= 0.3 is 0 Å². The second kappa shape index (κ2) is 6.09. The lowest BCUT2D eigenvalue weighted by Crippen LogP contribution is -2.13. The zero-order valence-corrected chi connectivity index (χ0v) is 13.7. The number of hydrogen-bond donors (Lipinski definition) is 2. The van der Waals surface area contributed by atoms with Crippen molar-refractivity contribution in [2.24, 2.45) is 0 Å². The van der Waals surface area contributed by atoms with E-state index in [0.29, 0.717) is 16.6 Å². The maximum Gasteiger partial charge on any atom is 0.272 e. The van der Waals surface area contributed by atoms with Gasteiger partial charge in [-0.25, -0.2) is 12.8 Å². The second-order valence-electron chi connectivity index (χ2n) is 5.27. The Morgan fingerprint density at radius 1 is 1.17 bits per heavy atom. The molecule has 3 rings (SSSR count). The second-order valence-corrected chi connectivity index (χ2v) is 7.55. The number of benzene rings is 2. The van der Waals surface area contributed by atoms with Crippen LogP contribution in [0.25, 0.3) is 10.9 Å². The van der Waals surface area contributed by atoms with E-state index in [1.54, 1.807) is 31.2 Å². The number of carbonyl (C=O) groups excluding carboxylic acids is 1. The Kier molecular flexibility index (Phi) is 4.11. The van der Waals surface area contributed by atoms with Gasteiger partial charge in [0.25, 0.3) is 5.91 Å². The Hall–Kier alpha value is -2.67. The first-order valence-electron chi connectivity index (χ1n) is 7.32. The molecule has 2 aromatic carbocycles. The molecule has 0 spiro atoms. The molecule has 1 amide bonds. The van der Waals surface area contributed by atoms with Crippen LogP contribution in [0.15, 0.2) is 53.4 Å². The number of anilines is 1. The van der Waals surface area contributed by atoms with Crippen LogP contribution in [-0.4, -0.2) is 25.1 Å². The number of halogens is 1. The molecule has 24 heavy (non-hydrogen) atoms. The number of nitrogens with one attached hydrogen (secondary N) is 2. The highest BCUT2D eigenvalue weighted by molar-refractivity contribution is 7.91. The number of fused-ring (bicyclic) bond motifs is 1. The molecular formula is C17H15FN2O3S. The summed E-state index contributed by atoms with van der Waals surface area (Å²) >= 11 is 0. The quantitative estimate of drug-likeness (QED) is 0.760. The summed E-state index contributed by atoms with van der Waals surface area (Å²) in [5, 5.41) is 2.94. The van der Waals surface area contributed by atoms with Gasteiger partial charge in [0, 0.05) is 16.6 Å². The van der Waals surface area contributed by atoms with Gasteiger partial charge in [0.05, 0.1) is 10.6 Å². The summed E-state index contributed by atoms with van der Waals surface area (Å²) in [5.74, 6) is -0.915. The molecule has 124 valence electrons. The van der Waals surface area contributed by atoms with Gasteiger partial charge in [-0.2, -0.15) is 0 Å². The van der Waals surface area contributed by atoms with E-state index in [1.165, 1.54) is 24.3 Å². The third kappa shape index (κ3) is 3.03. The molecule has 0 bridgehead atoms. The van der Waals surface area contributed by atoms with Crippen molar-refractivity contribution in [2.45, 2.75) is 11.8 Å². The van der Waals surface area contributed by atoms with Crippen molar-refractivity contribution in [1.82, 2.24) is 4.98 Å². The number of hydrogen-bond acceptors (Lipinski definition) is 3. The lowest BCUT2D eigenvalue weighted by molar-refractivity contribution is 0.102. The Balaban J connectivity index is 1.89. The highest BCUT2D eigenvalue weighted by atomic mass is 32.2. The number of aromatic amines is 1. The Bertz CT molecular complexity index is 1030. The predicted molar refractivity (Wildman–Crippen MR) is 90.4 cm³/mol. The van der Waals surface area contributed by atoms with Gasteiger partial charge in [0.1, 0.15) is 11.5 Å². The summed E-state index contributed by atoms with van der Waals surface area (Å²) in [7, 11) is -3.36. The van der Waals surface area contributed by atoms with E-state index in [4.69, 9.17) is 0 Å². The molecule has 7 heteroatoms. The van der Waals surface area contributed by atoms with Crippen LogP contribution in [0.4, 0.5) is 10.1 Å². The van der Waals surface area contributed by atoms with Crippen LogP contribution in [0.2, 0.25) is 0 Å². The van der Waals surface area contributed by atoms with E-state index in [-0.39, 0.29) is 16.3 Å². The van der Waals surface area contributed by atoms with E-state index in [9.17, 15) is 17.6 Å². The SMILES string of the molecule is CCS(=O)(=O)c1cccc(NC(=O)c2cc3c(F)cccc3[nH]2)c1. The Morgan fingerprint density at radius 2 is 1.92 bits per heavy atom. The average molecular weight is 346 g/mol. The van der Waals surface area contributed by atoms with Crippen molar-refractivity contribution in [1.29, 1.82) is 0 Å². The molecule has 5 nitrogen and oxygen atoms in total. The van der Waals surface area contributed by atoms with Crippen LogP contribution in [0.1, 0.15) is 17.4 Å². The molecule has 0 radical (unpaired) electrons. The van der Waals surface area contributed by atoms with Crippen LogP contribution in [-0.2, 0) is 9.84 Å². The van der Waals surface area contributed by atoms with Gasteiger partial charge in [-0.1, -0.05) is 19.1 Å². The van der Waals surface area contributed by atoms with Gasteiger partial charge in [-0.15, -0.1) is 0 Å². The fraction of sp³-hybridized carbons (Fsp3) is 0.118. The van der Waals surface area contributed by atoms with Crippen molar-refractivity contribution in [3.05, 3.63) is 60.0 Å². The normalized spacial score (nSPS) is 11.6. The van der Waals surface area contributed by atoms with Crippen molar-refractivity contribution in [3.63, 3.8) is 0 Å². The molecule has 0 unspecified atom stereocenters. The average Bonchev–Trinajstić information content (AvgIpc) is 3.01. The number of aromatic nitrogens is 1. The molecule has 0 fully saturated rings. The van der Waals surface area contributed by atoms with E-state index in [2.05, 4.69) is 10.3 Å². The lowest BCUT2D eigenvalue weighted by Gasteiger charge is -2.06. The van der Waals surface area contributed by atoms with Crippen LogP contribution in [0, 0.1) is 5.82 Å². The zero-order valence-electron chi connectivity index (χ0n) is 12.8. The maximum atomic E-state index is 13.7. The molecule has 0 saturated carbocycles. The number of H-pyrrole nitrogens is 1. The first-order chi connectivity index (χ1) is 11.4. The number of sulfone groups is 1. The third-order valence-electron chi connectivity index (χ3n) is 3.69. The van der Waals surface area contributed by atoms with E-state index >= 15 is 0 Å². The lowest BCUT2D eigenvalue weighted by atomic mass is 10.2. The van der Waals surface area contributed by atoms with Gasteiger partial charge < -0.3 is 10.3 Å². The minimum absolute atomic E-state index is 0.0221. The molecule has 1 heterocycles. The van der Waals surface area contributed by atoms with E-state index < -0.39 is 21.6 Å². The van der Waals surface area contributed by atoms with Crippen molar-refractivity contribution in [2.75, 3.05) is 11.1 Å². The molecule has 0 aliphatic heterocycles. The van der Waals surface area contributed by atoms with Crippen LogP contribution in [0.5, 0.6) is 0 Å². The molecule has 0 aliphatic carbocycles. The summed E-state index contributed by atoms with van der Waals surface area (Å²) in [5.41, 5.74) is 1.06. The van der Waals surface area contributed by atoms with Crippen LogP contribution in [0.3, 0.4) is 0 Å². The molecular weight excluding hydrogens is 331 g/mol. The number of carbonyl (C=O) groups is 1. The van der Waals surface area contributed by atoms with Gasteiger partial charge in [0.15, 0.2) is 9.84 Å². The van der Waals surface area contributed by atoms with Crippen molar-refractivity contribution >= 4 is 32.3 Å². The summed E-state index contributed by atoms with van der Waals surface area (Å²) in [6.45, 7) is 1.56. The first-order valence-corrected chi connectivity index (χ1v) is 8.97. The smallest absolute Gasteiger partial charge is 0.272 e. The van der Waals surface area contributed by atoms with E-state index in [1.807, 2.05) is 0 Å². The molecule has 2 N–H and O–H groups in total. The fourth-order valence-corrected chi connectivity index (χ4v) is 3.30. The highest BCUT2D eigenvalue weighted by Crippen LogP contribution is 2.21. The fourth-order valence-electron chi connectivity index (χ4n) is 2.37. The summed E-state index contributed by atoms with van der Waals surface area (Å²) in [6, 6.07) is 12.0. The van der Waals surface area contributed by atoms with Gasteiger partial charge in [0.2, 0.25) is 0 Å². The summed E-state index contributed by atoms with van der Waals surface area (Å²) in [6.07, 6.45) is 0. The van der Waals surface area contributed by atoms with Crippen molar-refractivity contribution < 1.29 is 17.6 Å². The molecule has 0 atom stereocenters. The van der Waals surface area contributed by atoms with Crippen LogP contribution >= 0.6 is 0 Å². The predicted octanol–water partition coefficient (Wildman–Crippen LogP) is 3.35. The minimum atomic E-state index is -3.36. The van der Waals surface area contributed by atoms with Gasteiger partial charge in [-0.3, -0.25) is 4.79 Å². The standard InChI is InChI=1S/C17H15FN2O3S/c1-2-24(22,23)12-6-3-5-11(9-12)19-17(21)16-10-13-14(18)7-4-8-15(13)20-16/h3-10,20H,2H2,1H3,(H,19,21). The third-order valence-corrected chi connectivity index (χ3v) is 5.42. The Labute approximate surface area is 138 Å². The molecule has 0 aliphatic rings. The minimum Gasteiger partial charge on any atom is -0.350 e. The molecule has 0 saturated heterocycles. The molecule has 1 aromatic heterocycles. The number of rotatable bonds is 4.